The lowest BCUT2D eigenvalue weighted by atomic mass is 10.0. The van der Waals surface area contributed by atoms with Gasteiger partial charge in [0, 0.05) is 6.54 Å². The number of hydrogen-bond donors (Lipinski definition) is 2. The van der Waals surface area contributed by atoms with Gasteiger partial charge in [-0.1, -0.05) is 31.2 Å². The normalized spacial score (nSPS) is 17.4. The van der Waals surface area contributed by atoms with Crippen molar-refractivity contribution >= 4 is 11.9 Å². The van der Waals surface area contributed by atoms with Crippen LogP contribution < -0.4 is 5.32 Å². The second-order valence-corrected chi connectivity index (χ2v) is 4.84. The fraction of sp³-hybridized carbons (Fsp3) is 0.357. The molecule has 0 fully saturated rings. The number of nitrogens with zero attached hydrogens (tertiary/aromatic N) is 3. The summed E-state index contributed by atoms with van der Waals surface area (Å²) in [5, 5.41) is 16.2. The van der Waals surface area contributed by atoms with Crippen molar-refractivity contribution in [3.63, 3.8) is 0 Å². The number of carbonyl (C=O) groups is 1. The van der Waals surface area contributed by atoms with Gasteiger partial charge in [0.05, 0.1) is 6.04 Å². The van der Waals surface area contributed by atoms with Crippen LogP contribution in [0.1, 0.15) is 41.1 Å². The fourth-order valence-electron chi connectivity index (χ4n) is 2.48. The Morgan fingerprint density at radius 2 is 2.20 bits per heavy atom. The highest BCUT2D eigenvalue weighted by Gasteiger charge is 2.26. The smallest absolute Gasteiger partial charge is 0.375 e. The number of nitrogens with one attached hydrogen (secondary N) is 1. The topological polar surface area (TPSA) is 80.0 Å². The summed E-state index contributed by atoms with van der Waals surface area (Å²) in [6.07, 6.45) is 1.87. The third-order valence-corrected chi connectivity index (χ3v) is 3.59. The molecule has 2 aromatic rings. The minimum absolute atomic E-state index is 0.0396. The number of fused-ring (bicyclic) bond motifs is 1. The number of anilines is 1. The molecule has 3 rings (SSSR count). The average molecular weight is 272 g/mol. The monoisotopic (exact) mass is 272 g/mol. The maximum atomic E-state index is 11.0. The molecule has 6 nitrogen and oxygen atoms in total. The van der Waals surface area contributed by atoms with Crippen LogP contribution in [0.25, 0.3) is 0 Å². The Balaban J connectivity index is 1.97. The summed E-state index contributed by atoms with van der Waals surface area (Å²) >= 11 is 0. The van der Waals surface area contributed by atoms with E-state index in [0.29, 0.717) is 5.95 Å². The largest absolute Gasteiger partial charge is 0.475 e. The van der Waals surface area contributed by atoms with Crippen molar-refractivity contribution in [1.82, 2.24) is 14.8 Å². The molecule has 0 saturated heterocycles. The molecule has 0 aliphatic carbocycles. The van der Waals surface area contributed by atoms with Crippen LogP contribution in [-0.2, 0) is 6.42 Å². The van der Waals surface area contributed by atoms with Crippen LogP contribution in [0.3, 0.4) is 0 Å². The minimum atomic E-state index is -1.10. The van der Waals surface area contributed by atoms with E-state index in [0.717, 1.165) is 24.9 Å². The predicted octanol–water partition coefficient (Wildman–Crippen LogP) is 1.94. The lowest BCUT2D eigenvalue weighted by Crippen LogP contribution is -2.24. The Morgan fingerprint density at radius 3 is 2.85 bits per heavy atom. The first-order valence-electron chi connectivity index (χ1n) is 6.71. The maximum absolute atomic E-state index is 11.0. The van der Waals surface area contributed by atoms with E-state index in [1.165, 1.54) is 5.56 Å². The standard InChI is InChI=1S/C14H16N4O2/c1-2-9-3-5-10(6-4-9)11-7-8-15-14-16-12(13(19)20)17-18(11)14/h3-6,11H,2,7-8H2,1H3,(H,19,20)(H,15,16,17). The molecule has 104 valence electrons. The fourth-order valence-corrected chi connectivity index (χ4v) is 2.48. The van der Waals surface area contributed by atoms with Crippen molar-refractivity contribution in [2.45, 2.75) is 25.8 Å². The molecule has 20 heavy (non-hydrogen) atoms. The average Bonchev–Trinajstić information content (AvgIpc) is 2.91. The highest BCUT2D eigenvalue weighted by atomic mass is 16.4. The number of carboxylic acids is 1. The van der Waals surface area contributed by atoms with E-state index < -0.39 is 5.97 Å². The Labute approximate surface area is 116 Å². The molecule has 1 aliphatic rings. The number of aryl methyl sites for hydroxylation is 1. The lowest BCUT2D eigenvalue weighted by molar-refractivity contribution is 0.0683. The van der Waals surface area contributed by atoms with Crippen molar-refractivity contribution in [3.05, 3.63) is 41.2 Å². The van der Waals surface area contributed by atoms with Gasteiger partial charge in [-0.15, -0.1) is 5.10 Å². The van der Waals surface area contributed by atoms with Crippen molar-refractivity contribution in [3.8, 4) is 0 Å². The first-order chi connectivity index (χ1) is 9.69. The summed E-state index contributed by atoms with van der Waals surface area (Å²) in [6.45, 7) is 2.88. The Morgan fingerprint density at radius 1 is 1.45 bits per heavy atom. The predicted molar refractivity (Wildman–Crippen MR) is 74.0 cm³/mol. The Kier molecular flexibility index (Phi) is 3.14. The Bertz CT molecular complexity index is 633. The van der Waals surface area contributed by atoms with Gasteiger partial charge in [-0.3, -0.25) is 0 Å². The molecule has 2 N–H and O–H groups in total. The highest BCUT2D eigenvalue weighted by Crippen LogP contribution is 2.28. The second kappa shape index (κ2) is 4.96. The van der Waals surface area contributed by atoms with Crippen LogP contribution in [0.5, 0.6) is 0 Å². The van der Waals surface area contributed by atoms with Crippen LogP contribution in [0, 0.1) is 0 Å². The third kappa shape index (κ3) is 2.13. The highest BCUT2D eigenvalue weighted by molar-refractivity contribution is 5.83. The summed E-state index contributed by atoms with van der Waals surface area (Å²) in [5.41, 5.74) is 2.42. The summed E-state index contributed by atoms with van der Waals surface area (Å²) < 4.78 is 1.67. The van der Waals surface area contributed by atoms with Gasteiger partial charge in [0.1, 0.15) is 0 Å². The number of hydrogen-bond acceptors (Lipinski definition) is 4. The van der Waals surface area contributed by atoms with Gasteiger partial charge in [-0.05, 0) is 24.0 Å². The molecule has 0 amide bonds. The molecule has 1 aromatic heterocycles. The number of carboxylic acid groups (broad SMARTS) is 1. The minimum Gasteiger partial charge on any atom is -0.475 e. The van der Waals surface area contributed by atoms with Gasteiger partial charge in [0.25, 0.3) is 5.82 Å². The van der Waals surface area contributed by atoms with E-state index in [4.69, 9.17) is 5.11 Å². The SMILES string of the molecule is CCc1ccc(C2CCNc3nc(C(=O)O)nn32)cc1. The van der Waals surface area contributed by atoms with Gasteiger partial charge >= 0.3 is 5.97 Å². The molecule has 0 saturated carbocycles. The van der Waals surface area contributed by atoms with Gasteiger partial charge in [-0.2, -0.15) is 4.98 Å². The van der Waals surface area contributed by atoms with Crippen molar-refractivity contribution in [2.24, 2.45) is 0 Å². The van der Waals surface area contributed by atoms with E-state index in [9.17, 15) is 4.79 Å². The van der Waals surface area contributed by atoms with Gasteiger partial charge in [0.15, 0.2) is 0 Å². The molecule has 0 radical (unpaired) electrons. The third-order valence-electron chi connectivity index (χ3n) is 3.59. The molecule has 2 heterocycles. The molecule has 1 atom stereocenters. The zero-order valence-electron chi connectivity index (χ0n) is 11.2. The van der Waals surface area contributed by atoms with E-state index in [1.54, 1.807) is 4.68 Å². The zero-order chi connectivity index (χ0) is 14.1. The van der Waals surface area contributed by atoms with Gasteiger partial charge < -0.3 is 10.4 Å². The molecule has 1 unspecified atom stereocenters. The molecule has 1 aliphatic heterocycles. The summed E-state index contributed by atoms with van der Waals surface area (Å²) in [5.74, 6) is -0.739. The maximum Gasteiger partial charge on any atom is 0.375 e. The van der Waals surface area contributed by atoms with Crippen LogP contribution in [0.15, 0.2) is 24.3 Å². The van der Waals surface area contributed by atoms with Gasteiger partial charge in [-0.25, -0.2) is 9.48 Å². The zero-order valence-corrected chi connectivity index (χ0v) is 11.2. The molecular formula is C14H16N4O2. The van der Waals surface area contributed by atoms with Crippen LogP contribution in [-0.4, -0.2) is 32.4 Å². The molecule has 0 bridgehead atoms. The molecule has 0 spiro atoms. The molecular weight excluding hydrogens is 256 g/mol. The number of aromatic nitrogens is 3. The Hall–Kier alpha value is -2.37. The van der Waals surface area contributed by atoms with E-state index in [2.05, 4.69) is 46.6 Å². The van der Waals surface area contributed by atoms with Crippen molar-refractivity contribution in [1.29, 1.82) is 0 Å². The van der Waals surface area contributed by atoms with E-state index >= 15 is 0 Å². The lowest BCUT2D eigenvalue weighted by Gasteiger charge is -2.24. The second-order valence-electron chi connectivity index (χ2n) is 4.84. The van der Waals surface area contributed by atoms with Crippen LogP contribution in [0.2, 0.25) is 0 Å². The van der Waals surface area contributed by atoms with Crippen molar-refractivity contribution < 1.29 is 9.90 Å². The number of aromatic carboxylic acids is 1. The number of benzene rings is 1. The van der Waals surface area contributed by atoms with Crippen molar-refractivity contribution in [2.75, 3.05) is 11.9 Å². The van der Waals surface area contributed by atoms with Crippen LogP contribution >= 0.6 is 0 Å². The van der Waals surface area contributed by atoms with E-state index in [-0.39, 0.29) is 11.9 Å². The summed E-state index contributed by atoms with van der Waals surface area (Å²) in [6, 6.07) is 8.41. The molecule has 6 heteroatoms. The summed E-state index contributed by atoms with van der Waals surface area (Å²) in [7, 11) is 0. The summed E-state index contributed by atoms with van der Waals surface area (Å²) in [4.78, 5) is 15.0. The quantitative estimate of drug-likeness (QED) is 0.892. The number of rotatable bonds is 3. The molecule has 1 aromatic carbocycles. The first kappa shape index (κ1) is 12.7. The van der Waals surface area contributed by atoms with E-state index in [1.807, 2.05) is 0 Å². The van der Waals surface area contributed by atoms with Crippen LogP contribution in [0.4, 0.5) is 5.95 Å². The first-order valence-corrected chi connectivity index (χ1v) is 6.71. The van der Waals surface area contributed by atoms with Gasteiger partial charge in [0.2, 0.25) is 5.95 Å².